The van der Waals surface area contributed by atoms with E-state index in [0.717, 1.165) is 11.4 Å². The summed E-state index contributed by atoms with van der Waals surface area (Å²) in [6.45, 7) is 3.66. The van der Waals surface area contributed by atoms with Gasteiger partial charge in [-0.3, -0.25) is 10.1 Å². The second-order valence-electron chi connectivity index (χ2n) is 4.34. The van der Waals surface area contributed by atoms with Crippen LogP contribution in [-0.2, 0) is 0 Å². The van der Waals surface area contributed by atoms with Gasteiger partial charge in [0.25, 0.3) is 5.69 Å². The van der Waals surface area contributed by atoms with E-state index in [4.69, 9.17) is 0 Å². The number of nitrogens with one attached hydrogen (secondary N) is 1. The summed E-state index contributed by atoms with van der Waals surface area (Å²) < 4.78 is 0. The number of hydrogen-bond donors (Lipinski definition) is 2. The number of phenolic OH excluding ortho intramolecular Hbond substituents is 1. The van der Waals surface area contributed by atoms with E-state index in [-0.39, 0.29) is 17.0 Å². The number of nitro groups is 1. The number of phenols is 1. The van der Waals surface area contributed by atoms with Gasteiger partial charge in [-0.25, -0.2) is 15.4 Å². The monoisotopic (exact) mass is 287 g/mol. The first-order valence-corrected chi connectivity index (χ1v) is 6.04. The zero-order valence-electron chi connectivity index (χ0n) is 11.4. The molecule has 0 amide bonds. The largest absolute Gasteiger partial charge is 0.507 e. The van der Waals surface area contributed by atoms with Gasteiger partial charge in [-0.05, 0) is 26.0 Å². The first-order chi connectivity index (χ1) is 9.95. The molecule has 0 saturated heterocycles. The fraction of sp³-hybridized carbons (Fsp3) is 0.154. The number of aromatic hydroxyl groups is 1. The van der Waals surface area contributed by atoms with Gasteiger partial charge in [0.2, 0.25) is 5.95 Å². The number of aryl methyl sites for hydroxylation is 2. The molecular formula is C13H13N5O3. The Morgan fingerprint density at radius 1 is 1.29 bits per heavy atom. The highest BCUT2D eigenvalue weighted by molar-refractivity contribution is 5.84. The van der Waals surface area contributed by atoms with E-state index in [2.05, 4.69) is 20.5 Å². The zero-order valence-corrected chi connectivity index (χ0v) is 11.4. The predicted octanol–water partition coefficient (Wildman–Crippen LogP) is 2.15. The third-order valence-corrected chi connectivity index (χ3v) is 2.57. The Kier molecular flexibility index (Phi) is 4.07. The van der Waals surface area contributed by atoms with Gasteiger partial charge in [-0.1, -0.05) is 0 Å². The van der Waals surface area contributed by atoms with Crippen LogP contribution in [0.25, 0.3) is 0 Å². The van der Waals surface area contributed by atoms with Crippen LogP contribution in [0.3, 0.4) is 0 Å². The predicted molar refractivity (Wildman–Crippen MR) is 77.5 cm³/mol. The molecule has 0 aliphatic rings. The molecule has 0 radical (unpaired) electrons. The molecule has 108 valence electrons. The molecule has 0 saturated carbocycles. The molecular weight excluding hydrogens is 274 g/mol. The van der Waals surface area contributed by atoms with Gasteiger partial charge in [0.1, 0.15) is 5.75 Å². The van der Waals surface area contributed by atoms with Crippen LogP contribution in [0.2, 0.25) is 0 Å². The van der Waals surface area contributed by atoms with E-state index in [9.17, 15) is 15.2 Å². The van der Waals surface area contributed by atoms with E-state index >= 15 is 0 Å². The molecule has 0 unspecified atom stereocenters. The minimum absolute atomic E-state index is 0.104. The van der Waals surface area contributed by atoms with Crippen molar-refractivity contribution in [1.29, 1.82) is 0 Å². The summed E-state index contributed by atoms with van der Waals surface area (Å²) in [6.07, 6.45) is 1.27. The lowest BCUT2D eigenvalue weighted by Crippen LogP contribution is -2.00. The zero-order chi connectivity index (χ0) is 15.4. The summed E-state index contributed by atoms with van der Waals surface area (Å²) in [5.74, 6) is 0.209. The SMILES string of the molecule is Cc1cc(C)nc(NN=Cc2cc([N+](=O)[O-])ccc2O)n1. The topological polar surface area (TPSA) is 114 Å². The minimum atomic E-state index is -0.544. The molecule has 21 heavy (non-hydrogen) atoms. The summed E-state index contributed by atoms with van der Waals surface area (Å²) >= 11 is 0. The Bertz CT molecular complexity index is 695. The summed E-state index contributed by atoms with van der Waals surface area (Å²) in [7, 11) is 0. The number of hydrazone groups is 1. The molecule has 1 aromatic heterocycles. The maximum Gasteiger partial charge on any atom is 0.270 e. The molecule has 1 aromatic carbocycles. The molecule has 0 fully saturated rings. The van der Waals surface area contributed by atoms with Crippen LogP contribution >= 0.6 is 0 Å². The molecule has 0 bridgehead atoms. The number of benzene rings is 1. The fourth-order valence-corrected chi connectivity index (χ4v) is 1.69. The molecule has 1 heterocycles. The average Bonchev–Trinajstić information content (AvgIpc) is 2.39. The van der Waals surface area contributed by atoms with Crippen molar-refractivity contribution in [2.75, 3.05) is 5.43 Å². The van der Waals surface area contributed by atoms with Crippen molar-refractivity contribution in [2.24, 2.45) is 5.10 Å². The van der Waals surface area contributed by atoms with E-state index in [1.807, 2.05) is 19.9 Å². The van der Waals surface area contributed by atoms with Crippen LogP contribution in [0.4, 0.5) is 11.6 Å². The van der Waals surface area contributed by atoms with Gasteiger partial charge in [-0.15, -0.1) is 0 Å². The van der Waals surface area contributed by atoms with Crippen molar-refractivity contribution in [3.63, 3.8) is 0 Å². The molecule has 0 atom stereocenters. The molecule has 0 aliphatic carbocycles. The molecule has 2 aromatic rings. The second kappa shape index (κ2) is 5.95. The molecule has 8 nitrogen and oxygen atoms in total. The Labute approximate surface area is 120 Å². The Morgan fingerprint density at radius 3 is 2.57 bits per heavy atom. The van der Waals surface area contributed by atoms with Crippen molar-refractivity contribution in [3.8, 4) is 5.75 Å². The van der Waals surface area contributed by atoms with E-state index in [0.29, 0.717) is 5.95 Å². The third kappa shape index (κ3) is 3.72. The van der Waals surface area contributed by atoms with Gasteiger partial charge in [0, 0.05) is 29.1 Å². The smallest absolute Gasteiger partial charge is 0.270 e. The normalized spacial score (nSPS) is 10.8. The van der Waals surface area contributed by atoms with Crippen molar-refractivity contribution < 1.29 is 10.0 Å². The van der Waals surface area contributed by atoms with Gasteiger partial charge >= 0.3 is 0 Å². The van der Waals surface area contributed by atoms with E-state index in [1.54, 1.807) is 0 Å². The summed E-state index contributed by atoms with van der Waals surface area (Å²) in [5.41, 5.74) is 4.29. The maximum atomic E-state index is 10.7. The van der Waals surface area contributed by atoms with E-state index in [1.165, 1.54) is 24.4 Å². The number of nitrogens with zero attached hydrogens (tertiary/aromatic N) is 4. The molecule has 2 N–H and O–H groups in total. The fourth-order valence-electron chi connectivity index (χ4n) is 1.69. The van der Waals surface area contributed by atoms with Crippen LogP contribution < -0.4 is 5.43 Å². The number of anilines is 1. The highest BCUT2D eigenvalue weighted by atomic mass is 16.6. The highest BCUT2D eigenvalue weighted by Gasteiger charge is 2.08. The van der Waals surface area contributed by atoms with Crippen LogP contribution in [0, 0.1) is 24.0 Å². The lowest BCUT2D eigenvalue weighted by atomic mass is 10.2. The summed E-state index contributed by atoms with van der Waals surface area (Å²) in [4.78, 5) is 18.4. The lowest BCUT2D eigenvalue weighted by Gasteiger charge is -2.02. The lowest BCUT2D eigenvalue weighted by molar-refractivity contribution is -0.384. The van der Waals surface area contributed by atoms with Gasteiger partial charge in [0.15, 0.2) is 0 Å². The standard InChI is InChI=1S/C13H13N5O3/c1-8-5-9(2)16-13(15-8)17-14-7-10-6-11(18(20)21)3-4-12(10)19/h3-7,19H,1-2H3,(H,15,16,17). The van der Waals surface area contributed by atoms with Crippen molar-refractivity contribution in [1.82, 2.24) is 9.97 Å². The molecule has 2 rings (SSSR count). The van der Waals surface area contributed by atoms with Crippen molar-refractivity contribution in [3.05, 3.63) is 51.3 Å². The van der Waals surface area contributed by atoms with Gasteiger partial charge in [-0.2, -0.15) is 5.10 Å². The Morgan fingerprint density at radius 2 is 1.95 bits per heavy atom. The molecule has 8 heteroatoms. The van der Waals surface area contributed by atoms with Crippen LogP contribution in [-0.4, -0.2) is 26.2 Å². The van der Waals surface area contributed by atoms with Crippen LogP contribution in [0.5, 0.6) is 5.75 Å². The number of non-ortho nitro benzene ring substituents is 1. The summed E-state index contributed by atoms with van der Waals surface area (Å²) in [6, 6.07) is 5.50. The summed E-state index contributed by atoms with van der Waals surface area (Å²) in [5, 5.41) is 24.2. The Balaban J connectivity index is 2.17. The van der Waals surface area contributed by atoms with Crippen LogP contribution in [0.15, 0.2) is 29.4 Å². The van der Waals surface area contributed by atoms with Crippen LogP contribution in [0.1, 0.15) is 17.0 Å². The third-order valence-electron chi connectivity index (χ3n) is 2.57. The average molecular weight is 287 g/mol. The highest BCUT2D eigenvalue weighted by Crippen LogP contribution is 2.21. The number of hydrogen-bond acceptors (Lipinski definition) is 7. The number of rotatable bonds is 4. The maximum absolute atomic E-state index is 10.7. The van der Waals surface area contributed by atoms with Gasteiger partial charge in [0.05, 0.1) is 11.1 Å². The number of aromatic nitrogens is 2. The minimum Gasteiger partial charge on any atom is -0.507 e. The first-order valence-electron chi connectivity index (χ1n) is 6.04. The van der Waals surface area contributed by atoms with Crippen molar-refractivity contribution >= 4 is 17.9 Å². The molecule has 0 spiro atoms. The number of nitro benzene ring substituents is 1. The van der Waals surface area contributed by atoms with E-state index < -0.39 is 4.92 Å². The van der Waals surface area contributed by atoms with Crippen molar-refractivity contribution in [2.45, 2.75) is 13.8 Å². The van der Waals surface area contributed by atoms with Gasteiger partial charge < -0.3 is 5.11 Å². The molecule has 0 aliphatic heterocycles. The first kappa shape index (κ1) is 14.4. The quantitative estimate of drug-likeness (QED) is 0.506. The second-order valence-corrected chi connectivity index (χ2v) is 4.34. The Hall–Kier alpha value is -3.03.